The van der Waals surface area contributed by atoms with Crippen molar-refractivity contribution < 1.29 is 31.1 Å². The highest BCUT2D eigenvalue weighted by atomic mass is 19.4. The zero-order valence-corrected chi connectivity index (χ0v) is 10.9. The second kappa shape index (κ2) is 4.99. The molecule has 0 saturated carbocycles. The lowest BCUT2D eigenvalue weighted by atomic mass is 9.85. The number of nitrogens with zero attached hydrogens (tertiary/aromatic N) is 3. The minimum atomic E-state index is -5.52. The van der Waals surface area contributed by atoms with Gasteiger partial charge in [-0.05, 0) is 6.42 Å². The van der Waals surface area contributed by atoms with Crippen LogP contribution < -0.4 is 5.73 Å². The molecule has 122 valence electrons. The fraction of sp³-hybridized carbons (Fsp3) is 0.545. The van der Waals surface area contributed by atoms with Crippen molar-refractivity contribution in [1.82, 2.24) is 14.9 Å². The van der Waals surface area contributed by atoms with Crippen molar-refractivity contribution in [2.75, 3.05) is 18.8 Å². The molecule has 0 unspecified atom stereocenters. The van der Waals surface area contributed by atoms with Gasteiger partial charge in [0.05, 0.1) is 0 Å². The third-order valence-electron chi connectivity index (χ3n) is 3.57. The Morgan fingerprint density at radius 1 is 1.14 bits per heavy atom. The molecular formula is C11H10F6N4O. The van der Waals surface area contributed by atoms with Gasteiger partial charge in [0.15, 0.2) is 16.9 Å². The van der Waals surface area contributed by atoms with Gasteiger partial charge in [-0.25, -0.2) is 9.97 Å². The van der Waals surface area contributed by atoms with Crippen LogP contribution in [-0.4, -0.2) is 46.2 Å². The van der Waals surface area contributed by atoms with E-state index in [4.69, 9.17) is 5.73 Å². The molecule has 1 fully saturated rings. The summed E-state index contributed by atoms with van der Waals surface area (Å²) in [4.78, 5) is 19.5. The van der Waals surface area contributed by atoms with Gasteiger partial charge in [-0.15, -0.1) is 0 Å². The van der Waals surface area contributed by atoms with E-state index in [2.05, 4.69) is 9.97 Å². The van der Waals surface area contributed by atoms with Gasteiger partial charge < -0.3 is 10.6 Å². The number of hydrogen-bond donors (Lipinski definition) is 1. The van der Waals surface area contributed by atoms with Crippen LogP contribution in [0, 0.1) is 5.41 Å². The maximum Gasteiger partial charge on any atom is 0.404 e. The lowest BCUT2D eigenvalue weighted by molar-refractivity contribution is -0.334. The van der Waals surface area contributed by atoms with E-state index in [1.165, 1.54) is 0 Å². The number of alkyl halides is 6. The largest absolute Gasteiger partial charge is 0.404 e. The fourth-order valence-electron chi connectivity index (χ4n) is 2.27. The Labute approximate surface area is 120 Å². The maximum atomic E-state index is 12.9. The smallest absolute Gasteiger partial charge is 0.382 e. The van der Waals surface area contributed by atoms with Crippen LogP contribution in [0.5, 0.6) is 0 Å². The summed E-state index contributed by atoms with van der Waals surface area (Å²) < 4.78 is 77.5. The topological polar surface area (TPSA) is 72.1 Å². The highest BCUT2D eigenvalue weighted by molar-refractivity contribution is 5.96. The van der Waals surface area contributed by atoms with Gasteiger partial charge in [-0.2, -0.15) is 26.3 Å². The average molecular weight is 328 g/mol. The summed E-state index contributed by atoms with van der Waals surface area (Å²) in [5.74, 6) is -1.47. The molecule has 1 aliphatic rings. The molecule has 0 aliphatic carbocycles. The highest BCUT2D eigenvalue weighted by Gasteiger charge is 2.73. The van der Waals surface area contributed by atoms with Gasteiger partial charge in [-0.3, -0.25) is 4.79 Å². The third kappa shape index (κ3) is 2.44. The van der Waals surface area contributed by atoms with Gasteiger partial charge in [0, 0.05) is 25.5 Å². The number of halogens is 6. The summed E-state index contributed by atoms with van der Waals surface area (Å²) >= 11 is 0. The lowest BCUT2D eigenvalue weighted by Gasteiger charge is -2.33. The summed E-state index contributed by atoms with van der Waals surface area (Å²) in [6.07, 6.45) is -10.1. The van der Waals surface area contributed by atoms with Crippen molar-refractivity contribution in [1.29, 1.82) is 0 Å². The maximum absolute atomic E-state index is 12.9. The van der Waals surface area contributed by atoms with Crippen LogP contribution in [0.25, 0.3) is 0 Å². The number of carbonyl (C=O) groups is 1. The van der Waals surface area contributed by atoms with E-state index >= 15 is 0 Å². The first-order chi connectivity index (χ1) is 9.99. The molecule has 0 radical (unpaired) electrons. The molecule has 0 aromatic carbocycles. The minimum absolute atomic E-state index is 0.357. The number of carbonyl (C=O) groups excluding carboxylic acids is 1. The fourth-order valence-corrected chi connectivity index (χ4v) is 2.27. The summed E-state index contributed by atoms with van der Waals surface area (Å²) in [6.45, 7) is -2.22. The second-order valence-corrected chi connectivity index (χ2v) is 4.84. The van der Waals surface area contributed by atoms with E-state index in [0.29, 0.717) is 4.90 Å². The summed E-state index contributed by atoms with van der Waals surface area (Å²) in [5, 5.41) is 0. The molecule has 1 aromatic rings. The van der Waals surface area contributed by atoms with Crippen LogP contribution in [0.2, 0.25) is 0 Å². The second-order valence-electron chi connectivity index (χ2n) is 4.84. The molecule has 0 atom stereocenters. The number of nitrogen functional groups attached to an aromatic ring is 1. The predicted molar refractivity (Wildman–Crippen MR) is 61.5 cm³/mol. The van der Waals surface area contributed by atoms with Crippen LogP contribution >= 0.6 is 0 Å². The van der Waals surface area contributed by atoms with E-state index in [-0.39, 0.29) is 5.82 Å². The van der Waals surface area contributed by atoms with Crippen molar-refractivity contribution in [3.8, 4) is 0 Å². The number of likely N-dealkylation sites (tertiary alicyclic amines) is 1. The molecule has 2 heterocycles. The Hall–Kier alpha value is -2.07. The molecule has 5 nitrogen and oxygen atoms in total. The molecule has 1 aromatic heterocycles. The van der Waals surface area contributed by atoms with Gasteiger partial charge >= 0.3 is 12.4 Å². The van der Waals surface area contributed by atoms with E-state index in [0.717, 1.165) is 12.4 Å². The van der Waals surface area contributed by atoms with Crippen molar-refractivity contribution in [2.24, 2.45) is 5.41 Å². The lowest BCUT2D eigenvalue weighted by Crippen LogP contribution is -2.52. The molecule has 2 N–H and O–H groups in total. The van der Waals surface area contributed by atoms with E-state index in [1.54, 1.807) is 0 Å². The predicted octanol–water partition coefficient (Wildman–Crippen LogP) is 2.02. The Balaban J connectivity index is 2.32. The molecule has 11 heteroatoms. The Bertz CT molecular complexity index is 571. The number of aromatic nitrogens is 2. The van der Waals surface area contributed by atoms with Crippen LogP contribution in [0.1, 0.15) is 16.9 Å². The van der Waals surface area contributed by atoms with Crippen molar-refractivity contribution in [3.63, 3.8) is 0 Å². The number of amides is 1. The molecule has 0 bridgehead atoms. The Morgan fingerprint density at radius 3 is 2.14 bits per heavy atom. The first kappa shape index (κ1) is 16.3. The van der Waals surface area contributed by atoms with Crippen molar-refractivity contribution >= 4 is 11.7 Å². The quantitative estimate of drug-likeness (QED) is 0.801. The molecule has 1 aliphatic heterocycles. The van der Waals surface area contributed by atoms with Crippen LogP contribution in [0.3, 0.4) is 0 Å². The zero-order valence-electron chi connectivity index (χ0n) is 10.9. The van der Waals surface area contributed by atoms with Crippen molar-refractivity contribution in [2.45, 2.75) is 18.8 Å². The van der Waals surface area contributed by atoms with Gasteiger partial charge in [0.25, 0.3) is 5.91 Å². The van der Waals surface area contributed by atoms with Crippen LogP contribution in [-0.2, 0) is 0 Å². The first-order valence-corrected chi connectivity index (χ1v) is 5.99. The average Bonchev–Trinajstić information content (AvgIpc) is 2.84. The summed E-state index contributed by atoms with van der Waals surface area (Å²) in [6, 6.07) is 0. The number of anilines is 1. The monoisotopic (exact) mass is 328 g/mol. The minimum Gasteiger partial charge on any atom is -0.382 e. The molecule has 1 saturated heterocycles. The first-order valence-electron chi connectivity index (χ1n) is 5.99. The van der Waals surface area contributed by atoms with E-state index in [1.807, 2.05) is 0 Å². The SMILES string of the molecule is Nc1nccnc1C(=O)N1CCC(C(F)(F)F)(C(F)(F)F)C1. The number of nitrogens with two attached hydrogens (primary N) is 1. The van der Waals surface area contributed by atoms with Crippen LogP contribution in [0.15, 0.2) is 12.4 Å². The molecule has 0 spiro atoms. The van der Waals surface area contributed by atoms with Gasteiger partial charge in [0.2, 0.25) is 0 Å². The Kier molecular flexibility index (Phi) is 3.70. The van der Waals surface area contributed by atoms with E-state index in [9.17, 15) is 31.1 Å². The van der Waals surface area contributed by atoms with Gasteiger partial charge in [0.1, 0.15) is 0 Å². The molecule has 22 heavy (non-hydrogen) atoms. The third-order valence-corrected chi connectivity index (χ3v) is 3.57. The van der Waals surface area contributed by atoms with Crippen molar-refractivity contribution in [3.05, 3.63) is 18.1 Å². The normalized spacial score (nSPS) is 18.5. The standard InChI is InChI=1S/C11H10F6N4O/c12-10(13,14)9(11(15,16)17)1-4-21(5-9)8(22)6-7(18)20-3-2-19-6/h2-3H,1,4-5H2,(H2,18,20). The number of rotatable bonds is 1. The number of hydrogen-bond acceptors (Lipinski definition) is 4. The zero-order chi connectivity index (χ0) is 16.8. The Morgan fingerprint density at radius 2 is 1.68 bits per heavy atom. The summed E-state index contributed by atoms with van der Waals surface area (Å²) in [5.41, 5.74) is 0.955. The molecule has 1 amide bonds. The highest BCUT2D eigenvalue weighted by Crippen LogP contribution is 2.55. The molecular weight excluding hydrogens is 318 g/mol. The molecule has 2 rings (SSSR count). The van der Waals surface area contributed by atoms with Gasteiger partial charge in [-0.1, -0.05) is 0 Å². The van der Waals surface area contributed by atoms with E-state index < -0.39 is 48.9 Å². The van der Waals surface area contributed by atoms with Crippen LogP contribution in [0.4, 0.5) is 32.2 Å². The summed E-state index contributed by atoms with van der Waals surface area (Å²) in [7, 11) is 0.